The van der Waals surface area contributed by atoms with Gasteiger partial charge in [-0.3, -0.25) is 9.59 Å². The van der Waals surface area contributed by atoms with Crippen LogP contribution in [0.15, 0.2) is 11.4 Å². The maximum Gasteiger partial charge on any atom is 0.223 e. The second-order valence-electron chi connectivity index (χ2n) is 3.70. The zero-order valence-electron chi connectivity index (χ0n) is 7.53. The van der Waals surface area contributed by atoms with Gasteiger partial charge in [0.1, 0.15) is 0 Å². The van der Waals surface area contributed by atoms with E-state index < -0.39 is 0 Å². The Morgan fingerprint density at radius 3 is 3.14 bits per heavy atom. The van der Waals surface area contributed by atoms with Crippen molar-refractivity contribution in [2.24, 2.45) is 0 Å². The number of hydrogen-bond acceptors (Lipinski definition) is 3. The molecule has 72 valence electrons. The van der Waals surface area contributed by atoms with Gasteiger partial charge in [0.15, 0.2) is 5.78 Å². The van der Waals surface area contributed by atoms with E-state index in [2.05, 4.69) is 0 Å². The number of ketones is 1. The van der Waals surface area contributed by atoms with Crippen molar-refractivity contribution in [1.82, 2.24) is 4.90 Å². The number of fused-ring (bicyclic) bond motifs is 2. The molecule has 2 aliphatic heterocycles. The molecule has 1 unspecified atom stereocenters. The average molecular weight is 207 g/mol. The highest BCUT2D eigenvalue weighted by atomic mass is 32.1. The zero-order chi connectivity index (χ0) is 9.71. The molecule has 14 heavy (non-hydrogen) atoms. The van der Waals surface area contributed by atoms with E-state index in [0.29, 0.717) is 19.4 Å². The molecule has 3 heterocycles. The number of nitrogens with zero attached hydrogens (tertiary/aromatic N) is 1. The number of hydrogen-bond donors (Lipinski definition) is 0. The van der Waals surface area contributed by atoms with E-state index in [1.54, 1.807) is 16.2 Å². The normalized spacial score (nSPS) is 25.1. The monoisotopic (exact) mass is 207 g/mol. The predicted octanol–water partition coefficient (Wildman–Crippen LogP) is 1.44. The smallest absolute Gasteiger partial charge is 0.223 e. The largest absolute Gasteiger partial charge is 0.327 e. The van der Waals surface area contributed by atoms with E-state index in [0.717, 1.165) is 10.4 Å². The summed E-state index contributed by atoms with van der Waals surface area (Å²) in [4.78, 5) is 26.1. The fourth-order valence-electron chi connectivity index (χ4n) is 2.22. The third-order valence-corrected chi connectivity index (χ3v) is 3.86. The molecule has 1 aromatic heterocycles. The van der Waals surface area contributed by atoms with E-state index in [4.69, 9.17) is 0 Å². The molecule has 1 aromatic rings. The number of rotatable bonds is 0. The molecule has 3 rings (SSSR count). The van der Waals surface area contributed by atoms with E-state index in [1.807, 2.05) is 11.4 Å². The lowest BCUT2D eigenvalue weighted by Gasteiger charge is -2.28. The highest BCUT2D eigenvalue weighted by Gasteiger charge is 2.41. The lowest BCUT2D eigenvalue weighted by Crippen LogP contribution is -2.41. The predicted molar refractivity (Wildman–Crippen MR) is 52.2 cm³/mol. The second-order valence-corrected chi connectivity index (χ2v) is 4.70. The maximum absolute atomic E-state index is 11.9. The van der Waals surface area contributed by atoms with Gasteiger partial charge >= 0.3 is 0 Å². The molecular formula is C10H9NO2S. The van der Waals surface area contributed by atoms with Crippen LogP contribution >= 0.6 is 11.3 Å². The van der Waals surface area contributed by atoms with E-state index in [-0.39, 0.29) is 17.7 Å². The first-order chi connectivity index (χ1) is 6.77. The minimum Gasteiger partial charge on any atom is -0.327 e. The van der Waals surface area contributed by atoms with E-state index in [1.165, 1.54) is 0 Å². The number of amides is 1. The third-order valence-electron chi connectivity index (χ3n) is 2.96. The van der Waals surface area contributed by atoms with Gasteiger partial charge in [-0.2, -0.15) is 0 Å². The molecular weight excluding hydrogens is 198 g/mol. The SMILES string of the molecule is O=C1c2ccsc2CN2C(=O)CCC12. The molecule has 3 nitrogen and oxygen atoms in total. The van der Waals surface area contributed by atoms with Crippen LogP contribution in [0.25, 0.3) is 0 Å². The Hall–Kier alpha value is -1.16. The van der Waals surface area contributed by atoms with Crippen molar-refractivity contribution in [3.8, 4) is 0 Å². The summed E-state index contributed by atoms with van der Waals surface area (Å²) in [6, 6.07) is 1.72. The molecule has 4 heteroatoms. The van der Waals surface area contributed by atoms with E-state index >= 15 is 0 Å². The molecule has 1 atom stereocenters. The van der Waals surface area contributed by atoms with Gasteiger partial charge in [-0.25, -0.2) is 0 Å². The van der Waals surface area contributed by atoms with Gasteiger partial charge < -0.3 is 4.90 Å². The lowest BCUT2D eigenvalue weighted by atomic mass is 9.99. The van der Waals surface area contributed by atoms with Gasteiger partial charge in [-0.1, -0.05) is 0 Å². The van der Waals surface area contributed by atoms with Crippen molar-refractivity contribution < 1.29 is 9.59 Å². The Bertz CT molecular complexity index is 424. The van der Waals surface area contributed by atoms with Crippen LogP contribution in [0.4, 0.5) is 0 Å². The Labute approximate surface area is 85.3 Å². The second kappa shape index (κ2) is 2.67. The van der Waals surface area contributed by atoms with Crippen molar-refractivity contribution in [2.75, 3.05) is 0 Å². The molecule has 0 spiro atoms. The van der Waals surface area contributed by atoms with Crippen molar-refractivity contribution in [3.63, 3.8) is 0 Å². The molecule has 1 amide bonds. The molecule has 1 fully saturated rings. The van der Waals surface area contributed by atoms with Crippen molar-refractivity contribution in [2.45, 2.75) is 25.4 Å². The van der Waals surface area contributed by atoms with Crippen molar-refractivity contribution in [1.29, 1.82) is 0 Å². The number of Topliss-reactive ketones (excluding diaryl/α,β-unsaturated/α-hetero) is 1. The first kappa shape index (κ1) is 8.17. The van der Waals surface area contributed by atoms with Crippen molar-refractivity contribution >= 4 is 23.0 Å². The topological polar surface area (TPSA) is 37.4 Å². The van der Waals surface area contributed by atoms with Crippen LogP contribution < -0.4 is 0 Å². The van der Waals surface area contributed by atoms with E-state index in [9.17, 15) is 9.59 Å². The van der Waals surface area contributed by atoms with Crippen molar-refractivity contribution in [3.05, 3.63) is 21.9 Å². The summed E-state index contributed by atoms with van der Waals surface area (Å²) in [5, 5.41) is 1.93. The van der Waals surface area contributed by atoms with Gasteiger partial charge in [0.2, 0.25) is 5.91 Å². The first-order valence-corrected chi connectivity index (χ1v) is 5.55. The molecule has 0 radical (unpaired) electrons. The number of carbonyl (C=O) groups is 2. The van der Waals surface area contributed by atoms with Gasteiger partial charge in [0, 0.05) is 16.9 Å². The molecule has 0 saturated carbocycles. The molecule has 2 aliphatic rings. The van der Waals surface area contributed by atoms with Gasteiger partial charge in [0.05, 0.1) is 12.6 Å². The highest BCUT2D eigenvalue weighted by Crippen LogP contribution is 2.33. The lowest BCUT2D eigenvalue weighted by molar-refractivity contribution is -0.129. The first-order valence-electron chi connectivity index (χ1n) is 4.67. The molecule has 1 saturated heterocycles. The highest BCUT2D eigenvalue weighted by molar-refractivity contribution is 7.10. The standard InChI is InChI=1S/C10H9NO2S/c12-9-2-1-7-10(13)6-3-4-14-8(6)5-11(7)9/h3-4,7H,1-2,5H2. The van der Waals surface area contributed by atoms with Crippen LogP contribution in [0.3, 0.4) is 0 Å². The molecule has 0 N–H and O–H groups in total. The van der Waals surface area contributed by atoms with Crippen LogP contribution in [0.2, 0.25) is 0 Å². The Morgan fingerprint density at radius 1 is 1.43 bits per heavy atom. The summed E-state index contributed by atoms with van der Waals surface area (Å²) < 4.78 is 0. The fourth-order valence-corrected chi connectivity index (χ4v) is 3.10. The molecule has 0 bridgehead atoms. The maximum atomic E-state index is 11.9. The molecule has 0 aromatic carbocycles. The summed E-state index contributed by atoms with van der Waals surface area (Å²) in [5.41, 5.74) is 0.839. The summed E-state index contributed by atoms with van der Waals surface area (Å²) in [6.45, 7) is 0.641. The zero-order valence-corrected chi connectivity index (χ0v) is 8.34. The van der Waals surface area contributed by atoms with Gasteiger partial charge in [-0.05, 0) is 17.9 Å². The third kappa shape index (κ3) is 0.917. The summed E-state index contributed by atoms with van der Waals surface area (Å²) >= 11 is 1.57. The quantitative estimate of drug-likeness (QED) is 0.645. The number of thiophene rings is 1. The van der Waals surface area contributed by atoms with Gasteiger partial charge in [0.25, 0.3) is 0 Å². The van der Waals surface area contributed by atoms with Crippen LogP contribution in [-0.4, -0.2) is 22.6 Å². The molecule has 0 aliphatic carbocycles. The fraction of sp³-hybridized carbons (Fsp3) is 0.400. The minimum atomic E-state index is -0.162. The van der Waals surface area contributed by atoms with Gasteiger partial charge in [-0.15, -0.1) is 11.3 Å². The number of carbonyl (C=O) groups excluding carboxylic acids is 2. The van der Waals surface area contributed by atoms with Crippen LogP contribution in [0, 0.1) is 0 Å². The van der Waals surface area contributed by atoms with Crippen LogP contribution in [0.1, 0.15) is 28.1 Å². The Morgan fingerprint density at radius 2 is 2.29 bits per heavy atom. The Kier molecular flexibility index (Phi) is 1.56. The summed E-state index contributed by atoms with van der Waals surface area (Å²) in [6.07, 6.45) is 1.23. The van der Waals surface area contributed by atoms with Crippen LogP contribution in [-0.2, 0) is 11.3 Å². The summed E-state index contributed by atoms with van der Waals surface area (Å²) in [7, 11) is 0. The minimum absolute atomic E-state index is 0.127. The summed E-state index contributed by atoms with van der Waals surface area (Å²) in [5.74, 6) is 0.265. The Balaban J connectivity index is 2.09. The van der Waals surface area contributed by atoms with Crippen LogP contribution in [0.5, 0.6) is 0 Å². The average Bonchev–Trinajstić information content (AvgIpc) is 2.75.